The van der Waals surface area contributed by atoms with Gasteiger partial charge in [0, 0.05) is 36.6 Å². The molecule has 0 spiro atoms. The summed E-state index contributed by atoms with van der Waals surface area (Å²) in [6.07, 6.45) is 2.31. The van der Waals surface area contributed by atoms with Crippen LogP contribution in [0.15, 0.2) is 24.3 Å². The van der Waals surface area contributed by atoms with Crippen molar-refractivity contribution in [1.82, 2.24) is 9.88 Å². The van der Waals surface area contributed by atoms with Crippen LogP contribution in [0.5, 0.6) is 0 Å². The van der Waals surface area contributed by atoms with E-state index in [-0.39, 0.29) is 0 Å². The summed E-state index contributed by atoms with van der Waals surface area (Å²) in [5.74, 6) is 0. The van der Waals surface area contributed by atoms with Gasteiger partial charge in [-0.05, 0) is 25.5 Å². The SMILES string of the molecule is CN1CCN(c2nc3c(s2)CCc2ccccc2-3)CC1. The summed E-state index contributed by atoms with van der Waals surface area (Å²) >= 11 is 1.90. The molecule has 0 unspecified atom stereocenters. The fourth-order valence-electron chi connectivity index (χ4n) is 3.07. The van der Waals surface area contributed by atoms with Crippen LogP contribution in [0.1, 0.15) is 10.4 Å². The number of thiazole rings is 1. The maximum absolute atomic E-state index is 4.97. The van der Waals surface area contributed by atoms with Crippen molar-refractivity contribution in [2.45, 2.75) is 12.8 Å². The van der Waals surface area contributed by atoms with E-state index >= 15 is 0 Å². The molecule has 2 aromatic rings. The van der Waals surface area contributed by atoms with Crippen LogP contribution >= 0.6 is 11.3 Å². The van der Waals surface area contributed by atoms with Crippen molar-refractivity contribution in [2.24, 2.45) is 0 Å². The van der Waals surface area contributed by atoms with Crippen LogP contribution in [-0.2, 0) is 12.8 Å². The Labute approximate surface area is 123 Å². The van der Waals surface area contributed by atoms with Gasteiger partial charge in [0.05, 0.1) is 5.69 Å². The van der Waals surface area contributed by atoms with Crippen LogP contribution in [0, 0.1) is 0 Å². The predicted octanol–water partition coefficient (Wildman–Crippen LogP) is 2.66. The molecule has 104 valence electrons. The molecule has 0 saturated carbocycles. The Morgan fingerprint density at radius 3 is 2.70 bits per heavy atom. The molecule has 0 bridgehead atoms. The molecule has 20 heavy (non-hydrogen) atoms. The van der Waals surface area contributed by atoms with Crippen molar-refractivity contribution in [3.8, 4) is 11.3 Å². The van der Waals surface area contributed by atoms with Gasteiger partial charge in [0.25, 0.3) is 0 Å². The molecule has 0 radical (unpaired) electrons. The molecule has 0 N–H and O–H groups in total. The van der Waals surface area contributed by atoms with Crippen LogP contribution in [0.25, 0.3) is 11.3 Å². The van der Waals surface area contributed by atoms with Crippen molar-refractivity contribution >= 4 is 16.5 Å². The van der Waals surface area contributed by atoms with Crippen LogP contribution in [0.3, 0.4) is 0 Å². The summed E-state index contributed by atoms with van der Waals surface area (Å²) < 4.78 is 0. The van der Waals surface area contributed by atoms with E-state index in [1.54, 1.807) is 0 Å². The first-order chi connectivity index (χ1) is 9.81. The minimum Gasteiger partial charge on any atom is -0.346 e. The highest BCUT2D eigenvalue weighted by molar-refractivity contribution is 7.16. The van der Waals surface area contributed by atoms with Crippen molar-refractivity contribution < 1.29 is 0 Å². The molecule has 1 aliphatic heterocycles. The highest BCUT2D eigenvalue weighted by Gasteiger charge is 2.24. The van der Waals surface area contributed by atoms with Gasteiger partial charge >= 0.3 is 0 Å². The summed E-state index contributed by atoms with van der Waals surface area (Å²) in [6.45, 7) is 4.48. The average molecular weight is 285 g/mol. The molecule has 4 rings (SSSR count). The summed E-state index contributed by atoms with van der Waals surface area (Å²) in [5.41, 5.74) is 4.05. The van der Waals surface area contributed by atoms with Crippen molar-refractivity contribution in [1.29, 1.82) is 0 Å². The lowest BCUT2D eigenvalue weighted by Gasteiger charge is -2.32. The van der Waals surface area contributed by atoms with Crippen LogP contribution < -0.4 is 4.90 Å². The van der Waals surface area contributed by atoms with Gasteiger partial charge in [-0.2, -0.15) is 0 Å². The van der Waals surface area contributed by atoms with E-state index in [0.717, 1.165) is 39.0 Å². The highest BCUT2D eigenvalue weighted by atomic mass is 32.1. The van der Waals surface area contributed by atoms with Gasteiger partial charge in [-0.3, -0.25) is 0 Å². The van der Waals surface area contributed by atoms with Gasteiger partial charge in [-0.25, -0.2) is 4.98 Å². The van der Waals surface area contributed by atoms with E-state index in [2.05, 4.69) is 41.1 Å². The first-order valence-corrected chi connectivity index (χ1v) is 8.14. The zero-order chi connectivity index (χ0) is 13.5. The van der Waals surface area contributed by atoms with Gasteiger partial charge in [-0.15, -0.1) is 11.3 Å². The fraction of sp³-hybridized carbons (Fsp3) is 0.438. The molecule has 3 nitrogen and oxygen atoms in total. The van der Waals surface area contributed by atoms with Gasteiger partial charge in [0.1, 0.15) is 0 Å². The summed E-state index contributed by atoms with van der Waals surface area (Å²) in [4.78, 5) is 11.3. The normalized spacial score (nSPS) is 18.8. The van der Waals surface area contributed by atoms with Crippen LogP contribution in [0.2, 0.25) is 0 Å². The molecule has 1 aliphatic carbocycles. The number of hydrogen-bond donors (Lipinski definition) is 0. The molecule has 1 saturated heterocycles. The molecule has 2 heterocycles. The second-order valence-electron chi connectivity index (χ2n) is 5.72. The Hall–Kier alpha value is -1.39. The van der Waals surface area contributed by atoms with Gasteiger partial charge in [0.2, 0.25) is 0 Å². The van der Waals surface area contributed by atoms with E-state index in [4.69, 9.17) is 4.98 Å². The minimum atomic E-state index is 1.10. The molecule has 2 aliphatic rings. The fourth-order valence-corrected chi connectivity index (χ4v) is 4.20. The van der Waals surface area contributed by atoms with E-state index in [1.807, 2.05) is 11.3 Å². The van der Waals surface area contributed by atoms with Crippen LogP contribution in [0.4, 0.5) is 5.13 Å². The first-order valence-electron chi connectivity index (χ1n) is 7.33. The van der Waals surface area contributed by atoms with Gasteiger partial charge < -0.3 is 9.80 Å². The summed E-state index contributed by atoms with van der Waals surface area (Å²) in [6, 6.07) is 8.73. The number of benzene rings is 1. The predicted molar refractivity (Wildman–Crippen MR) is 84.7 cm³/mol. The quantitative estimate of drug-likeness (QED) is 0.803. The minimum absolute atomic E-state index is 1.10. The molecular weight excluding hydrogens is 266 g/mol. The Bertz CT molecular complexity index is 626. The average Bonchev–Trinajstić information content (AvgIpc) is 2.92. The Morgan fingerprint density at radius 1 is 1.05 bits per heavy atom. The standard InChI is InChI=1S/C16H19N3S/c1-18-8-10-19(11-9-18)16-17-15-13-5-3-2-4-12(13)6-7-14(15)20-16/h2-5H,6-11H2,1H3. The Morgan fingerprint density at radius 2 is 1.85 bits per heavy atom. The summed E-state index contributed by atoms with van der Waals surface area (Å²) in [7, 11) is 2.19. The topological polar surface area (TPSA) is 19.4 Å². The molecule has 1 aromatic carbocycles. The molecule has 0 atom stereocenters. The molecular formula is C16H19N3S. The Balaban J connectivity index is 1.68. The lowest BCUT2D eigenvalue weighted by atomic mass is 9.94. The number of anilines is 1. The Kier molecular flexibility index (Phi) is 3.00. The largest absolute Gasteiger partial charge is 0.346 e. The van der Waals surface area contributed by atoms with Gasteiger partial charge in [-0.1, -0.05) is 24.3 Å². The van der Waals surface area contributed by atoms with Gasteiger partial charge in [0.15, 0.2) is 5.13 Å². The number of aryl methyl sites for hydroxylation is 2. The smallest absolute Gasteiger partial charge is 0.186 e. The monoisotopic (exact) mass is 285 g/mol. The number of fused-ring (bicyclic) bond motifs is 3. The lowest BCUT2D eigenvalue weighted by molar-refractivity contribution is 0.313. The number of hydrogen-bond acceptors (Lipinski definition) is 4. The zero-order valence-corrected chi connectivity index (χ0v) is 12.6. The maximum atomic E-state index is 4.97. The molecule has 4 heteroatoms. The zero-order valence-electron chi connectivity index (χ0n) is 11.8. The lowest BCUT2D eigenvalue weighted by Crippen LogP contribution is -2.44. The first kappa shape index (κ1) is 12.4. The van der Waals surface area contributed by atoms with E-state index < -0.39 is 0 Å². The number of aromatic nitrogens is 1. The molecule has 1 aromatic heterocycles. The second-order valence-corrected chi connectivity index (χ2v) is 6.78. The molecule has 1 fully saturated rings. The third-order valence-electron chi connectivity index (χ3n) is 4.35. The number of likely N-dealkylation sites (N-methyl/N-ethyl adjacent to an activating group) is 1. The van der Waals surface area contributed by atoms with E-state index in [1.165, 1.54) is 26.8 Å². The third-order valence-corrected chi connectivity index (χ3v) is 5.53. The van der Waals surface area contributed by atoms with E-state index in [0.29, 0.717) is 0 Å². The number of piperazine rings is 1. The number of rotatable bonds is 1. The second kappa shape index (κ2) is 4.86. The third kappa shape index (κ3) is 2.03. The number of nitrogens with zero attached hydrogens (tertiary/aromatic N) is 3. The van der Waals surface area contributed by atoms with Crippen molar-refractivity contribution in [3.05, 3.63) is 34.7 Å². The summed E-state index contributed by atoms with van der Waals surface area (Å²) in [5, 5.41) is 1.22. The van der Waals surface area contributed by atoms with E-state index in [9.17, 15) is 0 Å². The van der Waals surface area contributed by atoms with Crippen molar-refractivity contribution in [2.75, 3.05) is 38.1 Å². The highest BCUT2D eigenvalue weighted by Crippen LogP contribution is 2.39. The maximum Gasteiger partial charge on any atom is 0.186 e. The van der Waals surface area contributed by atoms with Crippen molar-refractivity contribution in [3.63, 3.8) is 0 Å². The van der Waals surface area contributed by atoms with Crippen LogP contribution in [-0.4, -0.2) is 43.1 Å². The molecule has 0 amide bonds.